The van der Waals surface area contributed by atoms with E-state index in [4.69, 9.17) is 5.73 Å². The molecule has 28 heavy (non-hydrogen) atoms. The van der Waals surface area contributed by atoms with Gasteiger partial charge in [-0.1, -0.05) is 0 Å². The average Bonchev–Trinajstić information content (AvgIpc) is 3.24. The molecule has 1 aliphatic rings. The molecule has 0 radical (unpaired) electrons. The fourth-order valence-corrected chi connectivity index (χ4v) is 3.30. The summed E-state index contributed by atoms with van der Waals surface area (Å²) in [6.45, 7) is 4.17. The lowest BCUT2D eigenvalue weighted by Crippen LogP contribution is -2.44. The Kier molecular flexibility index (Phi) is 4.94. The minimum Gasteiger partial charge on any atom is -0.369 e. The van der Waals surface area contributed by atoms with Gasteiger partial charge in [0.1, 0.15) is 0 Å². The third kappa shape index (κ3) is 3.81. The number of carbonyl (C=O) groups excluding carboxylic acids is 1. The molecule has 8 heteroatoms. The SMILES string of the molecule is CN1CCN(c2ccc(Nc3cc(-c4cn[nH]c4)cnc3C(N)=O)cc2)CC1. The summed E-state index contributed by atoms with van der Waals surface area (Å²) in [4.78, 5) is 20.7. The standard InChI is InChI=1S/C20H23N7O/c1-26-6-8-27(9-7-26)17-4-2-16(3-5-17)25-18-10-14(15-12-23-24-13-15)11-22-19(18)20(21)28/h2-5,10-13,25H,6-9H2,1H3,(H2,21,28)(H,23,24). The number of rotatable bonds is 5. The number of aromatic nitrogens is 3. The van der Waals surface area contributed by atoms with E-state index in [1.54, 1.807) is 18.6 Å². The van der Waals surface area contributed by atoms with E-state index < -0.39 is 5.91 Å². The van der Waals surface area contributed by atoms with E-state index in [0.29, 0.717) is 5.69 Å². The molecule has 0 bridgehead atoms. The average molecular weight is 377 g/mol. The molecule has 3 aromatic rings. The number of hydrogen-bond acceptors (Lipinski definition) is 6. The number of hydrogen-bond donors (Lipinski definition) is 3. The third-order valence-electron chi connectivity index (χ3n) is 4.97. The molecule has 0 unspecified atom stereocenters. The first-order valence-electron chi connectivity index (χ1n) is 9.20. The van der Waals surface area contributed by atoms with Crippen molar-refractivity contribution in [1.29, 1.82) is 0 Å². The maximum Gasteiger partial charge on any atom is 0.269 e. The first kappa shape index (κ1) is 18.0. The van der Waals surface area contributed by atoms with E-state index in [0.717, 1.165) is 43.0 Å². The second-order valence-electron chi connectivity index (χ2n) is 6.93. The normalized spacial score (nSPS) is 14.8. The molecule has 4 rings (SSSR count). The zero-order valence-electron chi connectivity index (χ0n) is 15.7. The van der Waals surface area contributed by atoms with Crippen LogP contribution < -0.4 is 16.0 Å². The monoisotopic (exact) mass is 377 g/mol. The van der Waals surface area contributed by atoms with Gasteiger partial charge in [0.25, 0.3) is 5.91 Å². The van der Waals surface area contributed by atoms with Gasteiger partial charge in [-0.05, 0) is 37.4 Å². The summed E-state index contributed by atoms with van der Waals surface area (Å²) in [7, 11) is 2.15. The fourth-order valence-electron chi connectivity index (χ4n) is 3.30. The summed E-state index contributed by atoms with van der Waals surface area (Å²) >= 11 is 0. The van der Waals surface area contributed by atoms with Crippen LogP contribution in [-0.4, -0.2) is 59.2 Å². The number of pyridine rings is 1. The fraction of sp³-hybridized carbons (Fsp3) is 0.250. The van der Waals surface area contributed by atoms with Gasteiger partial charge in [0.15, 0.2) is 5.69 Å². The number of H-pyrrole nitrogens is 1. The molecule has 0 spiro atoms. The summed E-state index contributed by atoms with van der Waals surface area (Å²) in [5.74, 6) is -0.574. The van der Waals surface area contributed by atoms with E-state index in [2.05, 4.69) is 49.5 Å². The third-order valence-corrected chi connectivity index (χ3v) is 4.97. The molecule has 4 N–H and O–H groups in total. The number of piperazine rings is 1. The Balaban J connectivity index is 1.56. The van der Waals surface area contributed by atoms with Crippen molar-refractivity contribution in [2.75, 3.05) is 43.4 Å². The van der Waals surface area contributed by atoms with Crippen molar-refractivity contribution >= 4 is 23.0 Å². The Hall–Kier alpha value is -3.39. The molecule has 1 saturated heterocycles. The van der Waals surface area contributed by atoms with Crippen molar-refractivity contribution in [3.05, 3.63) is 54.6 Å². The van der Waals surface area contributed by atoms with Gasteiger partial charge < -0.3 is 20.9 Å². The van der Waals surface area contributed by atoms with E-state index in [9.17, 15) is 4.79 Å². The number of carbonyl (C=O) groups is 1. The van der Waals surface area contributed by atoms with Crippen molar-refractivity contribution in [1.82, 2.24) is 20.1 Å². The van der Waals surface area contributed by atoms with Crippen LogP contribution in [0.15, 0.2) is 48.9 Å². The van der Waals surface area contributed by atoms with Gasteiger partial charge in [-0.25, -0.2) is 4.98 Å². The lowest BCUT2D eigenvalue weighted by Gasteiger charge is -2.34. The van der Waals surface area contributed by atoms with Crippen LogP contribution >= 0.6 is 0 Å². The molecule has 2 aromatic heterocycles. The number of anilines is 3. The highest BCUT2D eigenvalue weighted by Crippen LogP contribution is 2.27. The van der Waals surface area contributed by atoms with E-state index in [1.165, 1.54) is 5.69 Å². The van der Waals surface area contributed by atoms with Crippen LogP contribution in [0.2, 0.25) is 0 Å². The highest BCUT2D eigenvalue weighted by molar-refractivity contribution is 5.98. The van der Waals surface area contributed by atoms with E-state index in [-0.39, 0.29) is 5.69 Å². The molecule has 1 aliphatic heterocycles. The number of amides is 1. The minimum absolute atomic E-state index is 0.204. The first-order chi connectivity index (χ1) is 13.6. The van der Waals surface area contributed by atoms with Gasteiger partial charge >= 0.3 is 0 Å². The number of nitrogens with two attached hydrogens (primary N) is 1. The van der Waals surface area contributed by atoms with Crippen LogP contribution in [0, 0.1) is 0 Å². The highest BCUT2D eigenvalue weighted by Gasteiger charge is 2.15. The van der Waals surface area contributed by atoms with E-state index in [1.807, 2.05) is 18.2 Å². The molecule has 1 fully saturated rings. The number of nitrogens with one attached hydrogen (secondary N) is 2. The minimum atomic E-state index is -0.574. The van der Waals surface area contributed by atoms with Gasteiger partial charge in [-0.3, -0.25) is 9.89 Å². The summed E-state index contributed by atoms with van der Waals surface area (Å²) in [6, 6.07) is 10.0. The van der Waals surface area contributed by atoms with Crippen molar-refractivity contribution in [3.8, 4) is 11.1 Å². The Morgan fingerprint density at radius 2 is 1.86 bits per heavy atom. The molecule has 3 heterocycles. The Bertz CT molecular complexity index is 945. The number of benzene rings is 1. The quantitative estimate of drug-likeness (QED) is 0.629. The van der Waals surface area contributed by atoms with Gasteiger partial charge in [-0.2, -0.15) is 5.10 Å². The summed E-state index contributed by atoms with van der Waals surface area (Å²) in [5.41, 5.74) is 10.1. The first-order valence-corrected chi connectivity index (χ1v) is 9.20. The lowest BCUT2D eigenvalue weighted by atomic mass is 10.1. The Labute approximate surface area is 163 Å². The predicted molar refractivity (Wildman–Crippen MR) is 110 cm³/mol. The largest absolute Gasteiger partial charge is 0.369 e. The van der Waals surface area contributed by atoms with Crippen molar-refractivity contribution in [2.24, 2.45) is 5.73 Å². The van der Waals surface area contributed by atoms with Crippen LogP contribution in [0.25, 0.3) is 11.1 Å². The Morgan fingerprint density at radius 1 is 1.11 bits per heavy atom. The van der Waals surface area contributed by atoms with Gasteiger partial charge in [0.2, 0.25) is 0 Å². The smallest absolute Gasteiger partial charge is 0.269 e. The zero-order chi connectivity index (χ0) is 19.5. The van der Waals surface area contributed by atoms with Gasteiger partial charge in [0.05, 0.1) is 11.9 Å². The lowest BCUT2D eigenvalue weighted by molar-refractivity contribution is 0.0996. The number of aromatic amines is 1. The maximum absolute atomic E-state index is 11.8. The van der Waals surface area contributed by atoms with Gasteiger partial charge in [-0.15, -0.1) is 0 Å². The molecule has 8 nitrogen and oxygen atoms in total. The molecule has 144 valence electrons. The van der Waals surface area contributed by atoms with Crippen LogP contribution in [0.5, 0.6) is 0 Å². The Morgan fingerprint density at radius 3 is 2.50 bits per heavy atom. The zero-order valence-corrected chi connectivity index (χ0v) is 15.7. The maximum atomic E-state index is 11.8. The summed E-state index contributed by atoms with van der Waals surface area (Å²) in [5, 5.41) is 10.0. The van der Waals surface area contributed by atoms with Crippen LogP contribution in [0.4, 0.5) is 17.1 Å². The summed E-state index contributed by atoms with van der Waals surface area (Å²) < 4.78 is 0. The summed E-state index contributed by atoms with van der Waals surface area (Å²) in [6.07, 6.45) is 5.09. The molecule has 0 atom stereocenters. The second-order valence-corrected chi connectivity index (χ2v) is 6.93. The molecule has 0 aliphatic carbocycles. The second kappa shape index (κ2) is 7.69. The van der Waals surface area contributed by atoms with Gasteiger partial charge in [0, 0.05) is 61.1 Å². The number of primary amides is 1. The predicted octanol–water partition coefficient (Wildman–Crippen LogP) is 2.07. The van der Waals surface area contributed by atoms with Crippen LogP contribution in [0.3, 0.4) is 0 Å². The van der Waals surface area contributed by atoms with Crippen molar-refractivity contribution in [2.45, 2.75) is 0 Å². The topological polar surface area (TPSA) is 103 Å². The van der Waals surface area contributed by atoms with Crippen molar-refractivity contribution in [3.63, 3.8) is 0 Å². The van der Waals surface area contributed by atoms with E-state index >= 15 is 0 Å². The van der Waals surface area contributed by atoms with Crippen LogP contribution in [0.1, 0.15) is 10.5 Å². The van der Waals surface area contributed by atoms with Crippen LogP contribution in [-0.2, 0) is 0 Å². The number of likely N-dealkylation sites (N-methyl/N-ethyl adjacent to an activating group) is 1. The highest BCUT2D eigenvalue weighted by atomic mass is 16.1. The number of nitrogens with zero attached hydrogens (tertiary/aromatic N) is 4. The molecule has 1 aromatic carbocycles. The molecule has 0 saturated carbocycles. The molecular weight excluding hydrogens is 354 g/mol. The molecular formula is C20H23N7O. The van der Waals surface area contributed by atoms with Crippen molar-refractivity contribution < 1.29 is 4.79 Å². The molecule has 1 amide bonds.